The van der Waals surface area contributed by atoms with Gasteiger partial charge in [0.05, 0.1) is 13.1 Å². The molecule has 0 atom stereocenters. The highest BCUT2D eigenvalue weighted by molar-refractivity contribution is 4.84. The highest BCUT2D eigenvalue weighted by atomic mass is 15.1. The largest absolute Gasteiger partial charge is 0.256 e. The molecular weight excluding hydrogens is 472 g/mol. The van der Waals surface area contributed by atoms with Gasteiger partial charge in [-0.3, -0.25) is 0 Å². The summed E-state index contributed by atoms with van der Waals surface area (Å²) in [6, 6.07) is 0. The van der Waals surface area contributed by atoms with Crippen molar-refractivity contribution >= 4 is 0 Å². The fourth-order valence-corrected chi connectivity index (χ4v) is 6.13. The second-order valence-corrected chi connectivity index (χ2v) is 12.7. The molecule has 0 aliphatic carbocycles. The summed E-state index contributed by atoms with van der Waals surface area (Å²) < 4.78 is 5.19. The number of unbranched alkanes of at least 4 members (excludes halogenated alkanes) is 25. The fraction of sp³-hybridized carbons (Fsp3) is 0.919. The van der Waals surface area contributed by atoms with Gasteiger partial charge in [-0.2, -0.15) is 0 Å². The van der Waals surface area contributed by atoms with Gasteiger partial charge in [0.25, 0.3) is 5.82 Å². The van der Waals surface area contributed by atoms with Gasteiger partial charge >= 0.3 is 0 Å². The Morgan fingerprint density at radius 2 is 0.795 bits per heavy atom. The Morgan fingerprint density at radius 3 is 1.21 bits per heavy atom. The molecule has 0 fully saturated rings. The molecule has 1 aromatic heterocycles. The van der Waals surface area contributed by atoms with E-state index in [2.05, 4.69) is 42.3 Å². The average molecular weight is 546 g/mol. The number of aromatic nitrogens is 2. The van der Waals surface area contributed by atoms with Gasteiger partial charge in [-0.1, -0.05) is 168 Å². The monoisotopic (exact) mass is 546 g/mol. The molecule has 0 spiro atoms. The summed E-state index contributed by atoms with van der Waals surface area (Å²) in [7, 11) is 0. The van der Waals surface area contributed by atoms with Crippen molar-refractivity contribution in [3.05, 3.63) is 18.2 Å². The first-order chi connectivity index (χ1) is 19.3. The molecule has 0 aliphatic heterocycles. The summed E-state index contributed by atoms with van der Waals surface area (Å²) in [6.45, 7) is 9.39. The molecule has 1 heterocycles. The van der Waals surface area contributed by atoms with Crippen molar-refractivity contribution in [1.29, 1.82) is 0 Å². The van der Waals surface area contributed by atoms with Crippen molar-refractivity contribution in [3.8, 4) is 0 Å². The molecule has 0 unspecified atom stereocenters. The second-order valence-electron chi connectivity index (χ2n) is 12.7. The molecule has 0 amide bonds. The Bertz CT molecular complexity index is 557. The Morgan fingerprint density at radius 1 is 0.436 bits per heavy atom. The molecule has 1 aromatic rings. The first-order valence-corrected chi connectivity index (χ1v) is 18.4. The Kier molecular flexibility index (Phi) is 26.7. The highest BCUT2D eigenvalue weighted by Crippen LogP contribution is 2.15. The summed E-state index contributed by atoms with van der Waals surface area (Å²) in [5.74, 6) is 1.59. The van der Waals surface area contributed by atoms with Crippen LogP contribution in [0.5, 0.6) is 0 Å². The average Bonchev–Trinajstić information content (AvgIpc) is 3.33. The van der Waals surface area contributed by atoms with Crippen LogP contribution in [-0.4, -0.2) is 4.57 Å². The molecule has 2 nitrogen and oxygen atoms in total. The Hall–Kier alpha value is -0.790. The zero-order chi connectivity index (χ0) is 28.1. The smallest absolute Gasteiger partial charge is 0.234 e. The summed E-state index contributed by atoms with van der Waals surface area (Å²) in [6.07, 6.45) is 46.0. The number of hydrogen-bond donors (Lipinski definition) is 0. The van der Waals surface area contributed by atoms with Gasteiger partial charge < -0.3 is 0 Å². The van der Waals surface area contributed by atoms with Crippen LogP contribution in [0.15, 0.2) is 12.4 Å². The first-order valence-electron chi connectivity index (χ1n) is 18.4. The van der Waals surface area contributed by atoms with Gasteiger partial charge in [0.1, 0.15) is 12.4 Å². The number of nitrogens with zero attached hydrogens (tertiary/aromatic N) is 2. The second kappa shape index (κ2) is 28.7. The summed E-state index contributed by atoms with van der Waals surface area (Å²) in [4.78, 5) is 0. The van der Waals surface area contributed by atoms with Crippen molar-refractivity contribution < 1.29 is 4.57 Å². The normalized spacial score (nSPS) is 11.6. The number of hydrogen-bond acceptors (Lipinski definition) is 0. The van der Waals surface area contributed by atoms with E-state index >= 15 is 0 Å². The van der Waals surface area contributed by atoms with E-state index in [1.54, 1.807) is 5.82 Å². The third kappa shape index (κ3) is 21.6. The summed E-state index contributed by atoms with van der Waals surface area (Å²) in [5.41, 5.74) is 0. The van der Waals surface area contributed by atoms with Crippen LogP contribution >= 0.6 is 0 Å². The maximum absolute atomic E-state index is 2.59. The van der Waals surface area contributed by atoms with Crippen molar-refractivity contribution in [2.24, 2.45) is 0 Å². The SMILES string of the molecule is CCCCCCCCCCCCCCCn1cc[n+](CCCCCCCCCCCCCCC)c1CCCC. The van der Waals surface area contributed by atoms with Crippen LogP contribution in [0.4, 0.5) is 0 Å². The maximum atomic E-state index is 2.59. The van der Waals surface area contributed by atoms with Crippen LogP contribution in [0.25, 0.3) is 0 Å². The zero-order valence-electron chi connectivity index (χ0n) is 27.5. The van der Waals surface area contributed by atoms with Crippen molar-refractivity contribution in [2.75, 3.05) is 0 Å². The lowest BCUT2D eigenvalue weighted by molar-refractivity contribution is -0.704. The van der Waals surface area contributed by atoms with Crippen molar-refractivity contribution in [3.63, 3.8) is 0 Å². The van der Waals surface area contributed by atoms with Crippen LogP contribution in [0.1, 0.15) is 206 Å². The van der Waals surface area contributed by atoms with Gasteiger partial charge in [0, 0.05) is 6.42 Å². The molecular formula is C37H73N2+. The van der Waals surface area contributed by atoms with E-state index in [1.165, 1.54) is 199 Å². The van der Waals surface area contributed by atoms with Gasteiger partial charge in [-0.05, 0) is 32.1 Å². The number of aryl methyl sites for hydroxylation is 2. The molecule has 0 saturated carbocycles. The lowest BCUT2D eigenvalue weighted by Gasteiger charge is -2.06. The predicted octanol–water partition coefficient (Wildman–Crippen LogP) is 12.3. The molecule has 0 radical (unpaired) electrons. The van der Waals surface area contributed by atoms with Crippen LogP contribution in [0, 0.1) is 0 Å². The standard InChI is InChI=1S/C37H73N2/c1-4-7-10-12-14-16-18-20-22-24-26-28-30-33-38-35-36-39(37(38)32-9-6-3)34-31-29-27-25-23-21-19-17-15-13-11-8-5-2/h35-36H,4-34H2,1-3H3/q+1. The van der Waals surface area contributed by atoms with Crippen molar-refractivity contribution in [2.45, 2.75) is 220 Å². The van der Waals surface area contributed by atoms with Gasteiger partial charge in [0.2, 0.25) is 0 Å². The van der Waals surface area contributed by atoms with Crippen LogP contribution in [-0.2, 0) is 19.5 Å². The molecule has 0 saturated heterocycles. The van der Waals surface area contributed by atoms with Gasteiger partial charge in [0.15, 0.2) is 0 Å². The minimum atomic E-state index is 1.22. The van der Waals surface area contributed by atoms with E-state index in [4.69, 9.17) is 0 Å². The Balaban J connectivity index is 2.09. The van der Waals surface area contributed by atoms with Crippen LogP contribution in [0.3, 0.4) is 0 Å². The predicted molar refractivity (Wildman–Crippen MR) is 175 cm³/mol. The number of imidazole rings is 1. The molecule has 2 heteroatoms. The molecule has 0 aliphatic rings. The molecule has 230 valence electrons. The minimum absolute atomic E-state index is 1.22. The van der Waals surface area contributed by atoms with E-state index in [1.807, 2.05) is 0 Å². The molecule has 0 aromatic carbocycles. The summed E-state index contributed by atoms with van der Waals surface area (Å²) in [5, 5.41) is 0. The number of rotatable bonds is 31. The zero-order valence-corrected chi connectivity index (χ0v) is 27.5. The van der Waals surface area contributed by atoms with E-state index < -0.39 is 0 Å². The molecule has 0 N–H and O–H groups in total. The summed E-state index contributed by atoms with van der Waals surface area (Å²) >= 11 is 0. The molecule has 39 heavy (non-hydrogen) atoms. The van der Waals surface area contributed by atoms with Gasteiger partial charge in [-0.25, -0.2) is 9.13 Å². The van der Waals surface area contributed by atoms with Crippen molar-refractivity contribution in [1.82, 2.24) is 4.57 Å². The van der Waals surface area contributed by atoms with E-state index in [0.717, 1.165) is 0 Å². The van der Waals surface area contributed by atoms with E-state index in [-0.39, 0.29) is 0 Å². The van der Waals surface area contributed by atoms with E-state index in [9.17, 15) is 0 Å². The first kappa shape index (κ1) is 36.2. The highest BCUT2D eigenvalue weighted by Gasteiger charge is 2.16. The van der Waals surface area contributed by atoms with Gasteiger partial charge in [-0.15, -0.1) is 0 Å². The van der Waals surface area contributed by atoms with Crippen LogP contribution < -0.4 is 4.57 Å². The van der Waals surface area contributed by atoms with E-state index in [0.29, 0.717) is 0 Å². The van der Waals surface area contributed by atoms with Crippen LogP contribution in [0.2, 0.25) is 0 Å². The fourth-order valence-electron chi connectivity index (χ4n) is 6.13. The Labute approximate surface area is 247 Å². The third-order valence-corrected chi connectivity index (χ3v) is 8.85. The topological polar surface area (TPSA) is 8.81 Å². The maximum Gasteiger partial charge on any atom is 0.256 e. The molecule has 0 bridgehead atoms. The molecule has 1 rings (SSSR count). The third-order valence-electron chi connectivity index (χ3n) is 8.85. The quantitative estimate of drug-likeness (QED) is 0.0648. The minimum Gasteiger partial charge on any atom is -0.234 e. The lowest BCUT2D eigenvalue weighted by Crippen LogP contribution is -2.37. The lowest BCUT2D eigenvalue weighted by atomic mass is 10.0.